The van der Waals surface area contributed by atoms with E-state index in [1.807, 2.05) is 30.5 Å². The Bertz CT molecular complexity index is 1000. The number of benzene rings is 1. The highest BCUT2D eigenvalue weighted by molar-refractivity contribution is 5.84. The van der Waals surface area contributed by atoms with Gasteiger partial charge in [0.1, 0.15) is 0 Å². The van der Waals surface area contributed by atoms with Crippen molar-refractivity contribution in [3.8, 4) is 0 Å². The first-order valence-corrected chi connectivity index (χ1v) is 8.50. The second kappa shape index (κ2) is 6.20. The SMILES string of the molecule is Cn1nc2c(cc1=O)C[C@@H](C(=O)NCc1c[nH]c3ccccc13)CC2. The van der Waals surface area contributed by atoms with Crippen LogP contribution in [0.1, 0.15) is 23.2 Å². The molecule has 2 heterocycles. The van der Waals surface area contributed by atoms with Crippen molar-refractivity contribution in [1.29, 1.82) is 0 Å². The molecule has 0 unspecified atom stereocenters. The molecule has 1 aliphatic rings. The lowest BCUT2D eigenvalue weighted by atomic mass is 9.86. The van der Waals surface area contributed by atoms with Crippen LogP contribution in [-0.4, -0.2) is 20.7 Å². The zero-order valence-corrected chi connectivity index (χ0v) is 14.1. The van der Waals surface area contributed by atoms with Crippen LogP contribution in [0.15, 0.2) is 41.3 Å². The number of nitrogens with zero attached hydrogens (tertiary/aromatic N) is 2. The van der Waals surface area contributed by atoms with Crippen molar-refractivity contribution < 1.29 is 4.79 Å². The van der Waals surface area contributed by atoms with Crippen LogP contribution in [0.25, 0.3) is 10.9 Å². The first-order valence-electron chi connectivity index (χ1n) is 8.50. The fraction of sp³-hybridized carbons (Fsp3) is 0.316. The van der Waals surface area contributed by atoms with Gasteiger partial charge in [-0.1, -0.05) is 18.2 Å². The smallest absolute Gasteiger partial charge is 0.266 e. The zero-order valence-electron chi connectivity index (χ0n) is 14.1. The number of hydrogen-bond acceptors (Lipinski definition) is 3. The molecule has 3 aromatic rings. The average molecular weight is 336 g/mol. The average Bonchev–Trinajstić information content (AvgIpc) is 3.03. The molecular weight excluding hydrogens is 316 g/mol. The van der Waals surface area contributed by atoms with E-state index in [2.05, 4.69) is 15.4 Å². The van der Waals surface area contributed by atoms with Crippen molar-refractivity contribution >= 4 is 16.8 Å². The Kier molecular flexibility index (Phi) is 3.87. The number of carbonyl (C=O) groups excluding carboxylic acids is 1. The van der Waals surface area contributed by atoms with Crippen LogP contribution in [0, 0.1) is 5.92 Å². The summed E-state index contributed by atoms with van der Waals surface area (Å²) in [6.45, 7) is 0.501. The second-order valence-corrected chi connectivity index (χ2v) is 6.60. The lowest BCUT2D eigenvalue weighted by molar-refractivity contribution is -0.125. The lowest BCUT2D eigenvalue weighted by Gasteiger charge is -2.23. The molecule has 6 nitrogen and oxygen atoms in total. The van der Waals surface area contributed by atoms with Gasteiger partial charge in [0.05, 0.1) is 5.69 Å². The normalized spacial score (nSPS) is 16.6. The van der Waals surface area contributed by atoms with Gasteiger partial charge in [0.15, 0.2) is 0 Å². The third-order valence-electron chi connectivity index (χ3n) is 4.95. The molecule has 1 aromatic carbocycles. The van der Waals surface area contributed by atoms with Gasteiger partial charge in [-0.3, -0.25) is 9.59 Å². The number of fused-ring (bicyclic) bond motifs is 2. The summed E-state index contributed by atoms with van der Waals surface area (Å²) in [6.07, 6.45) is 4.01. The lowest BCUT2D eigenvalue weighted by Crippen LogP contribution is -2.35. The molecule has 0 saturated heterocycles. The van der Waals surface area contributed by atoms with Crippen LogP contribution in [-0.2, 0) is 31.2 Å². The van der Waals surface area contributed by atoms with Crippen LogP contribution in [0.3, 0.4) is 0 Å². The molecule has 0 radical (unpaired) electrons. The Balaban J connectivity index is 1.45. The van der Waals surface area contributed by atoms with Crippen LogP contribution < -0.4 is 10.9 Å². The van der Waals surface area contributed by atoms with E-state index >= 15 is 0 Å². The van der Waals surface area contributed by atoms with Crippen LogP contribution in [0.5, 0.6) is 0 Å². The molecule has 0 bridgehead atoms. The number of H-pyrrole nitrogens is 1. The van der Waals surface area contributed by atoms with Gasteiger partial charge in [-0.15, -0.1) is 0 Å². The maximum absolute atomic E-state index is 12.6. The van der Waals surface area contributed by atoms with E-state index in [4.69, 9.17) is 0 Å². The van der Waals surface area contributed by atoms with E-state index in [1.165, 1.54) is 4.68 Å². The van der Waals surface area contributed by atoms with E-state index in [0.29, 0.717) is 13.0 Å². The van der Waals surface area contributed by atoms with Crippen LogP contribution >= 0.6 is 0 Å². The summed E-state index contributed by atoms with van der Waals surface area (Å²) >= 11 is 0. The topological polar surface area (TPSA) is 79.8 Å². The van der Waals surface area contributed by atoms with Gasteiger partial charge in [0, 0.05) is 42.7 Å². The quantitative estimate of drug-likeness (QED) is 0.764. The molecule has 1 amide bonds. The summed E-state index contributed by atoms with van der Waals surface area (Å²) in [5.41, 5.74) is 3.86. The van der Waals surface area contributed by atoms with Gasteiger partial charge in [-0.2, -0.15) is 5.10 Å². The zero-order chi connectivity index (χ0) is 17.4. The van der Waals surface area contributed by atoms with Crippen molar-refractivity contribution in [2.75, 3.05) is 0 Å². The van der Waals surface area contributed by atoms with Gasteiger partial charge in [0.2, 0.25) is 5.91 Å². The molecule has 2 aromatic heterocycles. The van der Waals surface area contributed by atoms with E-state index < -0.39 is 0 Å². The minimum Gasteiger partial charge on any atom is -0.361 e. The van der Waals surface area contributed by atoms with Crippen LogP contribution in [0.4, 0.5) is 0 Å². The maximum Gasteiger partial charge on any atom is 0.266 e. The minimum absolute atomic E-state index is 0.0385. The molecule has 1 atom stereocenters. The number of carbonyl (C=O) groups is 1. The highest BCUT2D eigenvalue weighted by Crippen LogP contribution is 2.23. The van der Waals surface area contributed by atoms with E-state index in [1.54, 1.807) is 13.1 Å². The molecule has 0 spiro atoms. The molecule has 0 saturated carbocycles. The Morgan fingerprint density at radius 2 is 2.24 bits per heavy atom. The molecule has 2 N–H and O–H groups in total. The predicted molar refractivity (Wildman–Crippen MR) is 95.1 cm³/mol. The Hall–Kier alpha value is -2.89. The summed E-state index contributed by atoms with van der Waals surface area (Å²) in [4.78, 5) is 27.6. The van der Waals surface area contributed by atoms with Gasteiger partial charge in [-0.05, 0) is 36.5 Å². The fourth-order valence-corrected chi connectivity index (χ4v) is 3.51. The van der Waals surface area contributed by atoms with Gasteiger partial charge >= 0.3 is 0 Å². The Labute approximate surface area is 144 Å². The van der Waals surface area contributed by atoms with E-state index in [0.717, 1.165) is 40.6 Å². The summed E-state index contributed by atoms with van der Waals surface area (Å²) < 4.78 is 1.36. The Morgan fingerprint density at radius 3 is 3.12 bits per heavy atom. The second-order valence-electron chi connectivity index (χ2n) is 6.60. The van der Waals surface area contributed by atoms with Crippen LogP contribution in [0.2, 0.25) is 0 Å². The van der Waals surface area contributed by atoms with Gasteiger partial charge in [0.25, 0.3) is 5.56 Å². The fourth-order valence-electron chi connectivity index (χ4n) is 3.51. The molecule has 6 heteroatoms. The molecule has 4 rings (SSSR count). The number of amides is 1. The molecule has 1 aliphatic carbocycles. The number of hydrogen-bond donors (Lipinski definition) is 2. The molecule has 0 aliphatic heterocycles. The molecular formula is C19H20N4O2. The summed E-state index contributed by atoms with van der Waals surface area (Å²) in [6, 6.07) is 9.66. The monoisotopic (exact) mass is 336 g/mol. The van der Waals surface area contributed by atoms with Crippen molar-refractivity contribution in [1.82, 2.24) is 20.1 Å². The van der Waals surface area contributed by atoms with Crippen molar-refractivity contribution in [3.63, 3.8) is 0 Å². The predicted octanol–water partition coefficient (Wildman–Crippen LogP) is 1.68. The molecule has 25 heavy (non-hydrogen) atoms. The van der Waals surface area contributed by atoms with Crippen molar-refractivity contribution in [2.45, 2.75) is 25.8 Å². The standard InChI is InChI=1S/C19H20N4O2/c1-23-18(24)9-13-8-12(6-7-16(13)22-23)19(25)21-11-14-10-20-17-5-3-2-4-15(14)17/h2-5,9-10,12,20H,6-8,11H2,1H3,(H,21,25)/t12-/m0/s1. The van der Waals surface area contributed by atoms with Crippen molar-refractivity contribution in [3.05, 3.63) is 63.7 Å². The number of aromatic amines is 1. The number of para-hydroxylation sites is 1. The largest absolute Gasteiger partial charge is 0.361 e. The summed E-state index contributed by atoms with van der Waals surface area (Å²) in [5.74, 6) is -0.0665. The van der Waals surface area contributed by atoms with Gasteiger partial charge < -0.3 is 10.3 Å². The number of nitrogens with one attached hydrogen (secondary N) is 2. The maximum atomic E-state index is 12.6. The first kappa shape index (κ1) is 15.6. The van der Waals surface area contributed by atoms with Crippen molar-refractivity contribution in [2.24, 2.45) is 13.0 Å². The van der Waals surface area contributed by atoms with E-state index in [9.17, 15) is 9.59 Å². The summed E-state index contributed by atoms with van der Waals surface area (Å²) in [7, 11) is 1.66. The third kappa shape index (κ3) is 2.95. The first-order chi connectivity index (χ1) is 12.1. The highest BCUT2D eigenvalue weighted by atomic mass is 16.2. The number of aromatic nitrogens is 3. The highest BCUT2D eigenvalue weighted by Gasteiger charge is 2.26. The number of rotatable bonds is 3. The number of aryl methyl sites for hydroxylation is 2. The van der Waals surface area contributed by atoms with Gasteiger partial charge in [-0.25, -0.2) is 4.68 Å². The van der Waals surface area contributed by atoms with E-state index in [-0.39, 0.29) is 17.4 Å². The third-order valence-corrected chi connectivity index (χ3v) is 4.95. The molecule has 0 fully saturated rings. The Morgan fingerprint density at radius 1 is 1.40 bits per heavy atom. The minimum atomic E-state index is -0.126. The summed E-state index contributed by atoms with van der Waals surface area (Å²) in [5, 5.41) is 8.47. The molecule has 128 valence electrons.